The number of aromatic nitrogens is 3. The van der Waals surface area contributed by atoms with Crippen molar-refractivity contribution in [3.8, 4) is 11.3 Å². The quantitative estimate of drug-likeness (QED) is 0.241. The van der Waals surface area contributed by atoms with Crippen LogP contribution in [0.5, 0.6) is 0 Å². The fourth-order valence-electron chi connectivity index (χ4n) is 4.16. The van der Waals surface area contributed by atoms with Crippen LogP contribution in [0.2, 0.25) is 0 Å². The average Bonchev–Trinajstić information content (AvgIpc) is 3.20. The number of pyridine rings is 2. The van der Waals surface area contributed by atoms with Gasteiger partial charge in [0.05, 0.1) is 28.1 Å². The molecule has 5 aromatic rings. The summed E-state index contributed by atoms with van der Waals surface area (Å²) >= 11 is 0. The first-order valence-corrected chi connectivity index (χ1v) is 10.7. The minimum atomic E-state index is 0.675. The predicted molar refractivity (Wildman–Crippen MR) is 138 cm³/mol. The highest BCUT2D eigenvalue weighted by atomic mass is 15.1. The standard InChI is InChI=1S/C28H23N5/c1-3-11-22(19-29)33-24-16-10-17-30-27(24)23-18-25(32(2)21-14-8-5-9-15-21)26(31-28(23)33)20-12-6-4-7-13-20/h3-19,29H,1H2,2H3/b22-11+,29-19?. The van der Waals surface area contributed by atoms with Gasteiger partial charge in [-0.3, -0.25) is 9.55 Å². The van der Waals surface area contributed by atoms with E-state index in [-0.39, 0.29) is 0 Å². The van der Waals surface area contributed by atoms with Gasteiger partial charge in [-0.25, -0.2) is 4.98 Å². The lowest BCUT2D eigenvalue weighted by molar-refractivity contribution is 1.16. The molecule has 0 aliphatic rings. The number of nitrogens with one attached hydrogen (secondary N) is 1. The van der Waals surface area contributed by atoms with Crippen LogP contribution < -0.4 is 4.90 Å². The van der Waals surface area contributed by atoms with E-state index in [2.05, 4.69) is 53.8 Å². The van der Waals surface area contributed by atoms with Crippen LogP contribution in [-0.2, 0) is 0 Å². The Kier molecular flexibility index (Phi) is 5.29. The molecule has 2 aromatic carbocycles. The van der Waals surface area contributed by atoms with Gasteiger partial charge in [-0.05, 0) is 36.4 Å². The minimum absolute atomic E-state index is 0.675. The average molecular weight is 430 g/mol. The fourth-order valence-corrected chi connectivity index (χ4v) is 4.16. The van der Waals surface area contributed by atoms with Crippen LogP contribution in [0.4, 0.5) is 11.4 Å². The topological polar surface area (TPSA) is 57.8 Å². The van der Waals surface area contributed by atoms with E-state index in [9.17, 15) is 0 Å². The molecule has 0 fully saturated rings. The lowest BCUT2D eigenvalue weighted by atomic mass is 10.1. The number of benzene rings is 2. The van der Waals surface area contributed by atoms with E-state index in [0.717, 1.165) is 44.7 Å². The fraction of sp³-hybridized carbons (Fsp3) is 0.0357. The monoisotopic (exact) mass is 429 g/mol. The molecule has 0 saturated heterocycles. The Hall–Kier alpha value is -4.51. The zero-order chi connectivity index (χ0) is 22.8. The Labute approximate surface area is 192 Å². The summed E-state index contributed by atoms with van der Waals surface area (Å²) < 4.78 is 1.98. The first-order chi connectivity index (χ1) is 16.2. The summed E-state index contributed by atoms with van der Waals surface area (Å²) in [7, 11) is 2.05. The largest absolute Gasteiger partial charge is 0.343 e. The van der Waals surface area contributed by atoms with Gasteiger partial charge in [0.2, 0.25) is 0 Å². The van der Waals surface area contributed by atoms with Crippen LogP contribution in [0.1, 0.15) is 0 Å². The molecule has 0 saturated carbocycles. The number of rotatable bonds is 6. The van der Waals surface area contributed by atoms with Gasteiger partial charge in [0.15, 0.2) is 0 Å². The lowest BCUT2D eigenvalue weighted by Gasteiger charge is -2.22. The summed E-state index contributed by atoms with van der Waals surface area (Å²) in [6.45, 7) is 3.82. The third-order valence-electron chi connectivity index (χ3n) is 5.72. The Morgan fingerprint density at radius 1 is 1.00 bits per heavy atom. The van der Waals surface area contributed by atoms with E-state index in [0.29, 0.717) is 5.70 Å². The Bertz CT molecular complexity index is 1500. The third kappa shape index (κ3) is 3.49. The molecule has 5 nitrogen and oxygen atoms in total. The summed E-state index contributed by atoms with van der Waals surface area (Å²) in [4.78, 5) is 12.0. The second-order valence-corrected chi connectivity index (χ2v) is 7.67. The van der Waals surface area contributed by atoms with Crippen molar-refractivity contribution >= 4 is 45.4 Å². The Balaban J connectivity index is 1.90. The molecule has 5 rings (SSSR count). The second kappa shape index (κ2) is 8.55. The van der Waals surface area contributed by atoms with Crippen molar-refractivity contribution in [2.24, 2.45) is 0 Å². The van der Waals surface area contributed by atoms with Gasteiger partial charge in [0.1, 0.15) is 5.65 Å². The lowest BCUT2D eigenvalue weighted by Crippen LogP contribution is -2.12. The minimum Gasteiger partial charge on any atom is -0.343 e. The van der Waals surface area contributed by atoms with Crippen LogP contribution in [0.15, 0.2) is 104 Å². The molecule has 3 aromatic heterocycles. The zero-order valence-electron chi connectivity index (χ0n) is 18.3. The molecule has 3 heterocycles. The summed E-state index contributed by atoms with van der Waals surface area (Å²) in [6.07, 6.45) is 6.61. The van der Waals surface area contributed by atoms with Crippen molar-refractivity contribution in [2.75, 3.05) is 11.9 Å². The molecule has 5 heteroatoms. The number of para-hydroxylation sites is 1. The van der Waals surface area contributed by atoms with E-state index in [1.807, 2.05) is 59.2 Å². The molecule has 0 bridgehead atoms. The van der Waals surface area contributed by atoms with E-state index < -0.39 is 0 Å². The van der Waals surface area contributed by atoms with Crippen LogP contribution >= 0.6 is 0 Å². The first kappa shape index (κ1) is 20.4. The predicted octanol–water partition coefficient (Wildman–Crippen LogP) is 6.70. The maximum absolute atomic E-state index is 8.01. The van der Waals surface area contributed by atoms with Gasteiger partial charge in [0, 0.05) is 36.1 Å². The molecule has 1 N–H and O–H groups in total. The number of allylic oxidation sites excluding steroid dienone is 3. The normalized spacial score (nSPS) is 11.6. The SMILES string of the molecule is C=C/C=C(\C=N)n1c2cccnc2c2cc(N(C)c3ccccc3)c(-c3ccccc3)nc21. The molecule has 0 spiro atoms. The van der Waals surface area contributed by atoms with Crippen LogP contribution in [0, 0.1) is 5.41 Å². The second-order valence-electron chi connectivity index (χ2n) is 7.67. The molecule has 33 heavy (non-hydrogen) atoms. The van der Waals surface area contributed by atoms with E-state index in [1.165, 1.54) is 6.21 Å². The highest BCUT2D eigenvalue weighted by Crippen LogP contribution is 2.38. The van der Waals surface area contributed by atoms with Crippen LogP contribution in [0.25, 0.3) is 39.0 Å². The van der Waals surface area contributed by atoms with Crippen molar-refractivity contribution in [1.29, 1.82) is 5.41 Å². The van der Waals surface area contributed by atoms with E-state index in [1.54, 1.807) is 12.3 Å². The maximum Gasteiger partial charge on any atom is 0.148 e. The van der Waals surface area contributed by atoms with Gasteiger partial charge in [0.25, 0.3) is 0 Å². The molecule has 0 atom stereocenters. The smallest absolute Gasteiger partial charge is 0.148 e. The molecular weight excluding hydrogens is 406 g/mol. The van der Waals surface area contributed by atoms with Gasteiger partial charge in [-0.1, -0.05) is 61.2 Å². The maximum atomic E-state index is 8.01. The number of hydrogen-bond acceptors (Lipinski definition) is 4. The summed E-state index contributed by atoms with van der Waals surface area (Å²) in [6, 6.07) is 26.5. The number of fused-ring (bicyclic) bond motifs is 3. The van der Waals surface area contributed by atoms with Crippen molar-refractivity contribution in [3.63, 3.8) is 0 Å². The third-order valence-corrected chi connectivity index (χ3v) is 5.72. The van der Waals surface area contributed by atoms with Crippen molar-refractivity contribution in [3.05, 3.63) is 104 Å². The molecule has 0 aliphatic heterocycles. The molecule has 0 amide bonds. The van der Waals surface area contributed by atoms with Gasteiger partial charge in [-0.15, -0.1) is 0 Å². The first-order valence-electron chi connectivity index (χ1n) is 10.7. The molecule has 160 valence electrons. The Morgan fingerprint density at radius 3 is 2.42 bits per heavy atom. The summed E-state index contributed by atoms with van der Waals surface area (Å²) in [5.74, 6) is 0. The van der Waals surface area contributed by atoms with Crippen LogP contribution in [0.3, 0.4) is 0 Å². The molecule has 0 unspecified atom stereocenters. The Morgan fingerprint density at radius 2 is 1.73 bits per heavy atom. The van der Waals surface area contributed by atoms with E-state index in [4.69, 9.17) is 10.4 Å². The van der Waals surface area contributed by atoms with Crippen molar-refractivity contribution in [2.45, 2.75) is 0 Å². The van der Waals surface area contributed by atoms with E-state index >= 15 is 0 Å². The number of nitrogens with zero attached hydrogens (tertiary/aromatic N) is 4. The zero-order valence-corrected chi connectivity index (χ0v) is 18.3. The highest BCUT2D eigenvalue weighted by Gasteiger charge is 2.21. The molecular formula is C28H23N5. The number of anilines is 2. The van der Waals surface area contributed by atoms with Crippen molar-refractivity contribution < 1.29 is 0 Å². The molecule has 0 aliphatic carbocycles. The van der Waals surface area contributed by atoms with Gasteiger partial charge >= 0.3 is 0 Å². The van der Waals surface area contributed by atoms with Crippen molar-refractivity contribution in [1.82, 2.24) is 14.5 Å². The van der Waals surface area contributed by atoms with Gasteiger partial charge < -0.3 is 10.3 Å². The molecule has 0 radical (unpaired) electrons. The number of hydrogen-bond donors (Lipinski definition) is 1. The summed E-state index contributed by atoms with van der Waals surface area (Å²) in [5, 5.41) is 8.94. The van der Waals surface area contributed by atoms with Crippen LogP contribution in [-0.4, -0.2) is 27.8 Å². The highest BCUT2D eigenvalue weighted by molar-refractivity contribution is 6.14. The van der Waals surface area contributed by atoms with Gasteiger partial charge in [-0.2, -0.15) is 0 Å². The summed E-state index contributed by atoms with van der Waals surface area (Å²) in [5.41, 5.74) is 7.10.